The van der Waals surface area contributed by atoms with Gasteiger partial charge in [-0.2, -0.15) is 0 Å². The van der Waals surface area contributed by atoms with Gasteiger partial charge in [0, 0.05) is 35.7 Å². The van der Waals surface area contributed by atoms with Crippen LogP contribution in [0.5, 0.6) is 0 Å². The lowest BCUT2D eigenvalue weighted by Gasteiger charge is -2.19. The summed E-state index contributed by atoms with van der Waals surface area (Å²) in [6, 6.07) is 10.8. The highest BCUT2D eigenvalue weighted by Crippen LogP contribution is 2.26. The first-order valence-corrected chi connectivity index (χ1v) is 8.24. The minimum Gasteiger partial charge on any atom is -0.350 e. The molecule has 2 nitrogen and oxygen atoms in total. The molecule has 3 aromatic rings. The Labute approximate surface area is 130 Å². The first-order chi connectivity index (χ1) is 10.0. The van der Waals surface area contributed by atoms with E-state index in [9.17, 15) is 0 Å². The van der Waals surface area contributed by atoms with E-state index in [1.54, 1.807) is 0 Å². The quantitative estimate of drug-likeness (QED) is 0.742. The molecule has 0 amide bonds. The van der Waals surface area contributed by atoms with Crippen LogP contribution in [-0.2, 0) is 13.1 Å². The number of benzene rings is 1. The highest BCUT2D eigenvalue weighted by atomic mass is 32.1. The van der Waals surface area contributed by atoms with Crippen molar-refractivity contribution in [3.8, 4) is 0 Å². The summed E-state index contributed by atoms with van der Waals surface area (Å²) in [7, 11) is 0. The standard InChI is InChI=1S/C18H22N2S/c1-18(2,3)19-10-14-8-9-20(11-14)12-15-13-21-17-7-5-4-6-16(15)17/h4-9,11,13,19H,10,12H2,1-3H3. The summed E-state index contributed by atoms with van der Waals surface area (Å²) in [5.74, 6) is 0. The van der Waals surface area contributed by atoms with Crippen LogP contribution in [0.4, 0.5) is 0 Å². The van der Waals surface area contributed by atoms with Gasteiger partial charge in [0.25, 0.3) is 0 Å². The molecule has 0 saturated heterocycles. The average Bonchev–Trinajstić information content (AvgIpc) is 3.04. The first-order valence-electron chi connectivity index (χ1n) is 7.36. The molecule has 110 valence electrons. The van der Waals surface area contributed by atoms with E-state index >= 15 is 0 Å². The van der Waals surface area contributed by atoms with Gasteiger partial charge in [-0.3, -0.25) is 0 Å². The Bertz CT molecular complexity index is 731. The van der Waals surface area contributed by atoms with Gasteiger partial charge in [-0.05, 0) is 54.8 Å². The fourth-order valence-electron chi connectivity index (χ4n) is 2.41. The van der Waals surface area contributed by atoms with Crippen LogP contribution in [0, 0.1) is 0 Å². The van der Waals surface area contributed by atoms with Crippen LogP contribution in [0.1, 0.15) is 31.9 Å². The molecule has 3 rings (SSSR count). The van der Waals surface area contributed by atoms with Crippen LogP contribution < -0.4 is 5.32 Å². The third-order valence-electron chi connectivity index (χ3n) is 3.55. The van der Waals surface area contributed by atoms with Crippen LogP contribution in [-0.4, -0.2) is 10.1 Å². The Kier molecular flexibility index (Phi) is 3.87. The molecule has 0 fully saturated rings. The summed E-state index contributed by atoms with van der Waals surface area (Å²) in [6.45, 7) is 8.45. The van der Waals surface area contributed by atoms with Crippen molar-refractivity contribution in [2.75, 3.05) is 0 Å². The lowest BCUT2D eigenvalue weighted by atomic mass is 10.1. The van der Waals surface area contributed by atoms with Gasteiger partial charge in [0.05, 0.1) is 0 Å². The summed E-state index contributed by atoms with van der Waals surface area (Å²) >= 11 is 1.83. The molecule has 0 unspecified atom stereocenters. The minimum atomic E-state index is 0.158. The van der Waals surface area contributed by atoms with Crippen molar-refractivity contribution in [1.82, 2.24) is 9.88 Å². The lowest BCUT2D eigenvalue weighted by Crippen LogP contribution is -2.34. The highest BCUT2D eigenvalue weighted by Gasteiger charge is 2.09. The summed E-state index contributed by atoms with van der Waals surface area (Å²) in [5, 5.41) is 7.18. The van der Waals surface area contributed by atoms with Crippen molar-refractivity contribution in [1.29, 1.82) is 0 Å². The van der Waals surface area contributed by atoms with Crippen molar-refractivity contribution in [3.05, 3.63) is 59.2 Å². The zero-order valence-electron chi connectivity index (χ0n) is 12.9. The molecular weight excluding hydrogens is 276 g/mol. The molecule has 0 radical (unpaired) electrons. The predicted octanol–water partition coefficient (Wildman–Crippen LogP) is 4.64. The molecule has 0 aliphatic carbocycles. The number of hydrogen-bond donors (Lipinski definition) is 1. The van der Waals surface area contributed by atoms with Crippen molar-refractivity contribution in [3.63, 3.8) is 0 Å². The summed E-state index contributed by atoms with van der Waals surface area (Å²) in [4.78, 5) is 0. The van der Waals surface area contributed by atoms with Gasteiger partial charge in [0.15, 0.2) is 0 Å². The Morgan fingerprint density at radius 2 is 1.95 bits per heavy atom. The van der Waals surface area contributed by atoms with Gasteiger partial charge in [-0.15, -0.1) is 11.3 Å². The van der Waals surface area contributed by atoms with Crippen LogP contribution in [0.25, 0.3) is 10.1 Å². The van der Waals surface area contributed by atoms with Crippen molar-refractivity contribution in [2.24, 2.45) is 0 Å². The van der Waals surface area contributed by atoms with E-state index in [2.05, 4.69) is 78.8 Å². The Morgan fingerprint density at radius 3 is 2.76 bits per heavy atom. The van der Waals surface area contributed by atoms with E-state index < -0.39 is 0 Å². The number of aromatic nitrogens is 1. The molecule has 0 bridgehead atoms. The SMILES string of the molecule is CC(C)(C)NCc1ccn(Cc2csc3ccccc23)c1. The molecule has 3 heteroatoms. The molecule has 0 atom stereocenters. The van der Waals surface area contributed by atoms with E-state index in [-0.39, 0.29) is 5.54 Å². The fourth-order valence-corrected chi connectivity index (χ4v) is 3.37. The third kappa shape index (κ3) is 3.55. The zero-order valence-corrected chi connectivity index (χ0v) is 13.7. The van der Waals surface area contributed by atoms with Crippen LogP contribution in [0.15, 0.2) is 48.1 Å². The smallest absolute Gasteiger partial charge is 0.0484 e. The summed E-state index contributed by atoms with van der Waals surface area (Å²) < 4.78 is 3.64. The maximum Gasteiger partial charge on any atom is 0.0484 e. The predicted molar refractivity (Wildman–Crippen MR) is 92.0 cm³/mol. The second-order valence-electron chi connectivity index (χ2n) is 6.55. The second-order valence-corrected chi connectivity index (χ2v) is 7.46. The maximum atomic E-state index is 3.53. The maximum absolute atomic E-state index is 3.53. The van der Waals surface area contributed by atoms with Gasteiger partial charge in [-0.25, -0.2) is 0 Å². The number of hydrogen-bond acceptors (Lipinski definition) is 2. The fraction of sp³-hybridized carbons (Fsp3) is 0.333. The Balaban J connectivity index is 1.72. The second kappa shape index (κ2) is 5.66. The average molecular weight is 298 g/mol. The third-order valence-corrected chi connectivity index (χ3v) is 4.56. The molecule has 2 heterocycles. The Hall–Kier alpha value is -1.58. The normalized spacial score (nSPS) is 12.1. The minimum absolute atomic E-state index is 0.158. The van der Waals surface area contributed by atoms with Gasteiger partial charge in [-0.1, -0.05) is 18.2 Å². The molecule has 21 heavy (non-hydrogen) atoms. The number of nitrogens with one attached hydrogen (secondary N) is 1. The summed E-state index contributed by atoms with van der Waals surface area (Å²) in [6.07, 6.45) is 4.41. The molecular formula is C18H22N2S. The van der Waals surface area contributed by atoms with Gasteiger partial charge < -0.3 is 9.88 Å². The number of nitrogens with zero attached hydrogens (tertiary/aromatic N) is 1. The topological polar surface area (TPSA) is 17.0 Å². The Morgan fingerprint density at radius 1 is 1.14 bits per heavy atom. The molecule has 2 aromatic heterocycles. The number of thiophene rings is 1. The van der Waals surface area contributed by atoms with E-state index in [0.717, 1.165) is 13.1 Å². The molecule has 0 aliphatic heterocycles. The summed E-state index contributed by atoms with van der Waals surface area (Å²) in [5.41, 5.74) is 2.90. The number of fused-ring (bicyclic) bond motifs is 1. The van der Waals surface area contributed by atoms with E-state index in [1.165, 1.54) is 21.2 Å². The zero-order chi connectivity index (χ0) is 14.9. The van der Waals surface area contributed by atoms with Gasteiger partial charge in [0.1, 0.15) is 0 Å². The van der Waals surface area contributed by atoms with Crippen LogP contribution in [0.2, 0.25) is 0 Å². The molecule has 0 spiro atoms. The van der Waals surface area contributed by atoms with Crippen molar-refractivity contribution >= 4 is 21.4 Å². The molecule has 0 saturated carbocycles. The largest absolute Gasteiger partial charge is 0.350 e. The van der Waals surface area contributed by atoms with Crippen molar-refractivity contribution in [2.45, 2.75) is 39.4 Å². The van der Waals surface area contributed by atoms with Crippen LogP contribution >= 0.6 is 11.3 Å². The molecule has 1 aromatic carbocycles. The van der Waals surface area contributed by atoms with E-state index in [0.29, 0.717) is 0 Å². The van der Waals surface area contributed by atoms with E-state index in [1.807, 2.05) is 11.3 Å². The monoisotopic (exact) mass is 298 g/mol. The highest BCUT2D eigenvalue weighted by molar-refractivity contribution is 7.17. The lowest BCUT2D eigenvalue weighted by molar-refractivity contribution is 0.424. The van der Waals surface area contributed by atoms with E-state index in [4.69, 9.17) is 0 Å². The van der Waals surface area contributed by atoms with Crippen molar-refractivity contribution < 1.29 is 0 Å². The van der Waals surface area contributed by atoms with Gasteiger partial charge >= 0.3 is 0 Å². The molecule has 1 N–H and O–H groups in total. The number of rotatable bonds is 4. The first kappa shape index (κ1) is 14.4. The van der Waals surface area contributed by atoms with Crippen LogP contribution in [0.3, 0.4) is 0 Å². The molecule has 0 aliphatic rings. The van der Waals surface area contributed by atoms with Gasteiger partial charge in [0.2, 0.25) is 0 Å².